The molecule has 2 aliphatic carbocycles. The number of rotatable bonds is 1. The lowest BCUT2D eigenvalue weighted by atomic mass is 9.74. The molecule has 0 spiro atoms. The molecule has 132 valence electrons. The molecule has 3 nitrogen and oxygen atoms in total. The van der Waals surface area contributed by atoms with E-state index < -0.39 is 17.3 Å². The van der Waals surface area contributed by atoms with Crippen LogP contribution >= 0.6 is 0 Å². The molecule has 3 heteroatoms. The number of hydrogen-bond acceptors (Lipinski definition) is 3. The SMILES string of the molecule is C/C1=C\CC[C@](C)(O)[C@@H]2CC[C@](C)(O)[C@H]2/C=C(\C(C)C)[C@@H](O)C1. The Labute approximate surface area is 141 Å². The first-order valence-corrected chi connectivity index (χ1v) is 9.04. The van der Waals surface area contributed by atoms with E-state index in [1.54, 1.807) is 0 Å². The third-order valence-electron chi connectivity index (χ3n) is 5.99. The quantitative estimate of drug-likeness (QED) is 0.647. The molecule has 0 heterocycles. The van der Waals surface area contributed by atoms with Crippen LogP contribution in [0.1, 0.15) is 66.7 Å². The topological polar surface area (TPSA) is 60.7 Å². The lowest BCUT2D eigenvalue weighted by Crippen LogP contribution is -2.41. The Bertz CT molecular complexity index is 485. The van der Waals surface area contributed by atoms with Crippen LogP contribution in [0.15, 0.2) is 23.3 Å². The zero-order chi connectivity index (χ0) is 17.4. The lowest BCUT2D eigenvalue weighted by Gasteiger charge is -2.37. The van der Waals surface area contributed by atoms with Crippen LogP contribution < -0.4 is 0 Å². The van der Waals surface area contributed by atoms with Gasteiger partial charge in [0.1, 0.15) is 0 Å². The van der Waals surface area contributed by atoms with E-state index in [-0.39, 0.29) is 17.8 Å². The van der Waals surface area contributed by atoms with Gasteiger partial charge in [-0.1, -0.05) is 31.6 Å². The van der Waals surface area contributed by atoms with Crippen molar-refractivity contribution in [2.24, 2.45) is 17.8 Å². The number of aliphatic hydroxyl groups is 3. The fourth-order valence-electron chi connectivity index (χ4n) is 4.42. The van der Waals surface area contributed by atoms with E-state index in [1.807, 2.05) is 20.8 Å². The van der Waals surface area contributed by atoms with Crippen LogP contribution in [0.25, 0.3) is 0 Å². The average molecular weight is 322 g/mol. The van der Waals surface area contributed by atoms with Gasteiger partial charge in [-0.2, -0.15) is 0 Å². The van der Waals surface area contributed by atoms with Crippen molar-refractivity contribution in [2.75, 3.05) is 0 Å². The molecule has 0 amide bonds. The van der Waals surface area contributed by atoms with Crippen molar-refractivity contribution >= 4 is 0 Å². The maximum Gasteiger partial charge on any atom is 0.0789 e. The molecular formula is C20H34O3. The molecule has 0 aromatic carbocycles. The summed E-state index contributed by atoms with van der Waals surface area (Å²) < 4.78 is 0. The molecule has 23 heavy (non-hydrogen) atoms. The second-order valence-corrected chi connectivity index (χ2v) is 8.52. The maximum absolute atomic E-state index is 11.0. The van der Waals surface area contributed by atoms with Crippen molar-refractivity contribution in [2.45, 2.75) is 84.0 Å². The molecule has 0 bridgehead atoms. The first-order chi connectivity index (χ1) is 10.5. The van der Waals surface area contributed by atoms with Crippen molar-refractivity contribution in [3.63, 3.8) is 0 Å². The van der Waals surface area contributed by atoms with Crippen molar-refractivity contribution < 1.29 is 15.3 Å². The summed E-state index contributed by atoms with van der Waals surface area (Å²) in [4.78, 5) is 0. The average Bonchev–Trinajstić information content (AvgIpc) is 2.69. The van der Waals surface area contributed by atoms with Crippen molar-refractivity contribution in [3.8, 4) is 0 Å². The standard InChI is InChI=1S/C20H34O3/c1-13(2)15-12-17-16(8-10-20(17,5)23)19(4,22)9-6-7-14(3)11-18(15)21/h7,12-13,16-18,21-23H,6,8-11H2,1-5H3/b14-7+,15-12+/t16-,17+,18+,19+,20+/m1/s1. The van der Waals surface area contributed by atoms with Crippen molar-refractivity contribution in [1.82, 2.24) is 0 Å². The smallest absolute Gasteiger partial charge is 0.0789 e. The molecule has 5 atom stereocenters. The highest BCUT2D eigenvalue weighted by atomic mass is 16.3. The molecule has 3 N–H and O–H groups in total. The second kappa shape index (κ2) is 6.70. The minimum atomic E-state index is -0.814. The van der Waals surface area contributed by atoms with E-state index in [2.05, 4.69) is 26.0 Å². The molecule has 0 aromatic rings. The largest absolute Gasteiger partial charge is 0.390 e. The Morgan fingerprint density at radius 2 is 1.78 bits per heavy atom. The summed E-state index contributed by atoms with van der Waals surface area (Å²) in [6, 6.07) is 0. The van der Waals surface area contributed by atoms with Gasteiger partial charge in [-0.15, -0.1) is 0 Å². The van der Waals surface area contributed by atoms with Crippen LogP contribution in [0.2, 0.25) is 0 Å². The molecular weight excluding hydrogens is 288 g/mol. The van der Waals surface area contributed by atoms with Crippen LogP contribution in [0.3, 0.4) is 0 Å². The van der Waals surface area contributed by atoms with E-state index in [0.717, 1.165) is 18.4 Å². The third-order valence-corrected chi connectivity index (χ3v) is 5.99. The fraction of sp³-hybridized carbons (Fsp3) is 0.800. The number of allylic oxidation sites excluding steroid dienone is 1. The van der Waals surface area contributed by atoms with Gasteiger partial charge >= 0.3 is 0 Å². The monoisotopic (exact) mass is 322 g/mol. The van der Waals surface area contributed by atoms with Gasteiger partial charge in [0.25, 0.3) is 0 Å². The molecule has 0 saturated heterocycles. The van der Waals surface area contributed by atoms with Crippen LogP contribution in [-0.2, 0) is 0 Å². The zero-order valence-corrected chi connectivity index (χ0v) is 15.3. The highest BCUT2D eigenvalue weighted by molar-refractivity contribution is 5.21. The lowest BCUT2D eigenvalue weighted by molar-refractivity contribution is -0.0455. The summed E-state index contributed by atoms with van der Waals surface area (Å²) in [6.45, 7) is 10.0. The number of aliphatic hydroxyl groups excluding tert-OH is 1. The Morgan fingerprint density at radius 3 is 2.39 bits per heavy atom. The highest BCUT2D eigenvalue weighted by Crippen LogP contribution is 2.48. The first-order valence-electron chi connectivity index (χ1n) is 9.04. The number of fused-ring (bicyclic) bond motifs is 1. The van der Waals surface area contributed by atoms with Gasteiger partial charge in [-0.25, -0.2) is 0 Å². The Kier molecular flexibility index (Phi) is 5.44. The predicted molar refractivity (Wildman–Crippen MR) is 94.0 cm³/mol. The van der Waals surface area contributed by atoms with Crippen LogP contribution in [-0.4, -0.2) is 32.6 Å². The number of hydrogen-bond donors (Lipinski definition) is 3. The molecule has 2 rings (SSSR count). The summed E-state index contributed by atoms with van der Waals surface area (Å²) in [5.74, 6) is 0.147. The fourth-order valence-corrected chi connectivity index (χ4v) is 4.42. The predicted octanol–water partition coefficient (Wildman–Crippen LogP) is 3.59. The summed E-state index contributed by atoms with van der Waals surface area (Å²) in [6.07, 6.45) is 7.38. The van der Waals surface area contributed by atoms with E-state index in [9.17, 15) is 15.3 Å². The van der Waals surface area contributed by atoms with Gasteiger partial charge in [-0.3, -0.25) is 0 Å². The summed E-state index contributed by atoms with van der Waals surface area (Å²) in [5.41, 5.74) is 0.548. The van der Waals surface area contributed by atoms with Gasteiger partial charge in [0.15, 0.2) is 0 Å². The Balaban J connectivity index is 2.49. The van der Waals surface area contributed by atoms with Gasteiger partial charge in [0.05, 0.1) is 17.3 Å². The second-order valence-electron chi connectivity index (χ2n) is 8.52. The molecule has 0 aromatic heterocycles. The van der Waals surface area contributed by atoms with Crippen LogP contribution in [0.4, 0.5) is 0 Å². The Morgan fingerprint density at radius 1 is 1.13 bits per heavy atom. The van der Waals surface area contributed by atoms with Crippen molar-refractivity contribution in [1.29, 1.82) is 0 Å². The molecule has 0 unspecified atom stereocenters. The van der Waals surface area contributed by atoms with E-state index >= 15 is 0 Å². The van der Waals surface area contributed by atoms with E-state index in [4.69, 9.17) is 0 Å². The minimum Gasteiger partial charge on any atom is -0.390 e. The minimum absolute atomic E-state index is 0.0326. The van der Waals surface area contributed by atoms with Gasteiger partial charge in [0, 0.05) is 5.92 Å². The van der Waals surface area contributed by atoms with Crippen LogP contribution in [0.5, 0.6) is 0 Å². The van der Waals surface area contributed by atoms with Gasteiger partial charge in [-0.05, 0) is 70.3 Å². The summed E-state index contributed by atoms with van der Waals surface area (Å²) in [5, 5.41) is 32.6. The third kappa shape index (κ3) is 4.07. The molecule has 1 fully saturated rings. The van der Waals surface area contributed by atoms with E-state index in [0.29, 0.717) is 19.3 Å². The zero-order valence-electron chi connectivity index (χ0n) is 15.3. The molecule has 0 aliphatic heterocycles. The normalized spacial score (nSPS) is 47.3. The summed E-state index contributed by atoms with van der Waals surface area (Å²) in [7, 11) is 0. The van der Waals surface area contributed by atoms with E-state index in [1.165, 1.54) is 5.57 Å². The molecule has 0 radical (unpaired) electrons. The van der Waals surface area contributed by atoms with Gasteiger partial charge < -0.3 is 15.3 Å². The van der Waals surface area contributed by atoms with Crippen molar-refractivity contribution in [3.05, 3.63) is 23.3 Å². The maximum atomic E-state index is 11.0. The summed E-state index contributed by atoms with van der Waals surface area (Å²) >= 11 is 0. The molecule has 1 saturated carbocycles. The Hall–Kier alpha value is -0.640. The van der Waals surface area contributed by atoms with Gasteiger partial charge in [0.2, 0.25) is 0 Å². The highest BCUT2D eigenvalue weighted by Gasteiger charge is 2.49. The molecule has 2 aliphatic rings. The first kappa shape index (κ1) is 18.7. The van der Waals surface area contributed by atoms with Crippen LogP contribution in [0, 0.1) is 17.8 Å².